The van der Waals surface area contributed by atoms with Crippen molar-refractivity contribution in [2.45, 2.75) is 46.2 Å². The van der Waals surface area contributed by atoms with Crippen LogP contribution in [0.1, 0.15) is 62.9 Å². The molecule has 0 N–H and O–H groups in total. The standard InChI is InChI=1S/C31H29NO7/c1-19(33)32-26(24-14-8-10-16-27(24)37-20(2)34)18-29(39-22(4)36)30(23-12-6-5-7-13-23)31(32)25-15-9-11-17-28(25)38-21(3)35/h5-17,26,31H,18H2,1-4H3. The number of ether oxygens (including phenoxy) is 3. The molecule has 2 unspecified atom stereocenters. The summed E-state index contributed by atoms with van der Waals surface area (Å²) in [7, 11) is 0. The molecule has 0 saturated heterocycles. The lowest BCUT2D eigenvalue weighted by atomic mass is 9.82. The van der Waals surface area contributed by atoms with Gasteiger partial charge in [-0.15, -0.1) is 0 Å². The fraction of sp³-hybridized carbons (Fsp3) is 0.226. The van der Waals surface area contributed by atoms with Crippen LogP contribution in [0.2, 0.25) is 0 Å². The van der Waals surface area contributed by atoms with Gasteiger partial charge in [0, 0.05) is 50.8 Å². The van der Waals surface area contributed by atoms with E-state index in [1.165, 1.54) is 27.7 Å². The Labute approximate surface area is 226 Å². The van der Waals surface area contributed by atoms with Crippen molar-refractivity contribution < 1.29 is 33.4 Å². The van der Waals surface area contributed by atoms with E-state index in [0.29, 0.717) is 28.2 Å². The van der Waals surface area contributed by atoms with Gasteiger partial charge in [0.1, 0.15) is 17.3 Å². The highest BCUT2D eigenvalue weighted by Crippen LogP contribution is 2.52. The van der Waals surface area contributed by atoms with E-state index in [4.69, 9.17) is 14.2 Å². The van der Waals surface area contributed by atoms with Crippen molar-refractivity contribution in [1.29, 1.82) is 0 Å². The quantitative estimate of drug-likeness (QED) is 0.306. The van der Waals surface area contributed by atoms with E-state index in [1.807, 2.05) is 30.3 Å². The van der Waals surface area contributed by atoms with Crippen LogP contribution in [-0.2, 0) is 23.9 Å². The number of amides is 1. The van der Waals surface area contributed by atoms with Crippen LogP contribution in [0.25, 0.3) is 5.57 Å². The Balaban J connectivity index is 2.06. The zero-order chi connectivity index (χ0) is 28.1. The van der Waals surface area contributed by atoms with Crippen molar-refractivity contribution >= 4 is 29.4 Å². The van der Waals surface area contributed by atoms with E-state index in [0.717, 1.165) is 5.56 Å². The summed E-state index contributed by atoms with van der Waals surface area (Å²) in [5.74, 6) is -0.912. The Bertz CT molecular complexity index is 1440. The van der Waals surface area contributed by atoms with Crippen LogP contribution in [0.3, 0.4) is 0 Å². The number of benzene rings is 3. The van der Waals surface area contributed by atoms with E-state index < -0.39 is 30.0 Å². The molecule has 0 spiro atoms. The van der Waals surface area contributed by atoms with Gasteiger partial charge in [-0.25, -0.2) is 0 Å². The highest BCUT2D eigenvalue weighted by atomic mass is 16.5. The molecule has 0 saturated carbocycles. The van der Waals surface area contributed by atoms with E-state index in [-0.39, 0.29) is 18.1 Å². The summed E-state index contributed by atoms with van der Waals surface area (Å²) < 4.78 is 16.9. The van der Waals surface area contributed by atoms with E-state index in [2.05, 4.69) is 0 Å². The summed E-state index contributed by atoms with van der Waals surface area (Å²) in [5, 5.41) is 0. The second-order valence-corrected chi connectivity index (χ2v) is 9.11. The minimum absolute atomic E-state index is 0.133. The SMILES string of the molecule is CC(=O)OC1=C(c2ccccc2)C(c2ccccc2OC(C)=O)N(C(C)=O)C(c2ccccc2OC(C)=O)C1. The van der Waals surface area contributed by atoms with Gasteiger partial charge in [0.05, 0.1) is 12.1 Å². The molecule has 39 heavy (non-hydrogen) atoms. The topological polar surface area (TPSA) is 99.2 Å². The Hall–Kier alpha value is -4.72. The lowest BCUT2D eigenvalue weighted by Gasteiger charge is -2.44. The summed E-state index contributed by atoms with van der Waals surface area (Å²) >= 11 is 0. The van der Waals surface area contributed by atoms with E-state index >= 15 is 0 Å². The second kappa shape index (κ2) is 11.8. The Morgan fingerprint density at radius 3 is 1.67 bits per heavy atom. The van der Waals surface area contributed by atoms with Gasteiger partial charge in [-0.05, 0) is 17.7 Å². The lowest BCUT2D eigenvalue weighted by Crippen LogP contribution is -2.41. The zero-order valence-corrected chi connectivity index (χ0v) is 22.2. The van der Waals surface area contributed by atoms with Crippen LogP contribution in [0.4, 0.5) is 0 Å². The molecule has 1 heterocycles. The maximum absolute atomic E-state index is 13.5. The normalized spacial score (nSPS) is 16.9. The van der Waals surface area contributed by atoms with Crippen LogP contribution in [0.5, 0.6) is 11.5 Å². The van der Waals surface area contributed by atoms with Crippen molar-refractivity contribution in [3.63, 3.8) is 0 Å². The third kappa shape index (κ3) is 6.06. The number of para-hydroxylation sites is 2. The number of rotatable bonds is 6. The van der Waals surface area contributed by atoms with Crippen molar-refractivity contribution in [2.24, 2.45) is 0 Å². The van der Waals surface area contributed by atoms with Crippen LogP contribution >= 0.6 is 0 Å². The first-order valence-corrected chi connectivity index (χ1v) is 12.5. The van der Waals surface area contributed by atoms with Crippen molar-refractivity contribution in [1.82, 2.24) is 4.90 Å². The largest absolute Gasteiger partial charge is 0.431 e. The summed E-state index contributed by atoms with van der Waals surface area (Å²) in [6.07, 6.45) is 0.133. The molecule has 200 valence electrons. The number of nitrogens with zero attached hydrogens (tertiary/aromatic N) is 1. The smallest absolute Gasteiger partial charge is 0.308 e. The molecule has 0 aromatic heterocycles. The predicted octanol–water partition coefficient (Wildman–Crippen LogP) is 5.55. The van der Waals surface area contributed by atoms with Gasteiger partial charge >= 0.3 is 17.9 Å². The van der Waals surface area contributed by atoms with Gasteiger partial charge < -0.3 is 19.1 Å². The molecular weight excluding hydrogens is 498 g/mol. The molecule has 8 heteroatoms. The van der Waals surface area contributed by atoms with E-state index in [9.17, 15) is 19.2 Å². The summed E-state index contributed by atoms with van der Waals surface area (Å²) in [6, 6.07) is 21.7. The third-order valence-electron chi connectivity index (χ3n) is 6.28. The Kier molecular flexibility index (Phi) is 8.24. The molecular formula is C31H29NO7. The van der Waals surface area contributed by atoms with Crippen molar-refractivity contribution in [2.75, 3.05) is 0 Å². The van der Waals surface area contributed by atoms with E-state index in [1.54, 1.807) is 53.4 Å². The van der Waals surface area contributed by atoms with Crippen LogP contribution in [0, 0.1) is 0 Å². The Morgan fingerprint density at radius 2 is 1.13 bits per heavy atom. The first-order chi connectivity index (χ1) is 18.7. The van der Waals surface area contributed by atoms with Crippen molar-refractivity contribution in [3.8, 4) is 11.5 Å². The molecule has 0 aliphatic carbocycles. The molecule has 3 aromatic rings. The van der Waals surface area contributed by atoms with Crippen molar-refractivity contribution in [3.05, 3.63) is 101 Å². The average Bonchev–Trinajstić information content (AvgIpc) is 2.88. The van der Waals surface area contributed by atoms with Crippen LogP contribution in [-0.4, -0.2) is 28.7 Å². The Morgan fingerprint density at radius 1 is 0.641 bits per heavy atom. The maximum atomic E-state index is 13.5. The molecule has 0 fully saturated rings. The highest BCUT2D eigenvalue weighted by Gasteiger charge is 2.43. The summed E-state index contributed by atoms with van der Waals surface area (Å²) in [4.78, 5) is 51.5. The molecule has 1 aliphatic heterocycles. The molecule has 1 aliphatic rings. The monoisotopic (exact) mass is 527 g/mol. The summed E-state index contributed by atoms with van der Waals surface area (Å²) in [5.41, 5.74) is 2.41. The third-order valence-corrected chi connectivity index (χ3v) is 6.28. The van der Waals surface area contributed by atoms with Crippen LogP contribution < -0.4 is 9.47 Å². The lowest BCUT2D eigenvalue weighted by molar-refractivity contribution is -0.138. The second-order valence-electron chi connectivity index (χ2n) is 9.11. The molecule has 8 nitrogen and oxygen atoms in total. The number of hydrogen-bond acceptors (Lipinski definition) is 7. The first-order valence-electron chi connectivity index (χ1n) is 12.5. The number of carbonyl (C=O) groups is 4. The fourth-order valence-electron chi connectivity index (χ4n) is 4.99. The molecule has 0 bridgehead atoms. The number of hydrogen-bond donors (Lipinski definition) is 0. The van der Waals surface area contributed by atoms with Gasteiger partial charge in [-0.3, -0.25) is 19.2 Å². The van der Waals surface area contributed by atoms with Gasteiger partial charge in [0.2, 0.25) is 5.91 Å². The minimum atomic E-state index is -0.820. The molecule has 1 amide bonds. The molecule has 2 atom stereocenters. The zero-order valence-electron chi connectivity index (χ0n) is 22.2. The predicted molar refractivity (Wildman–Crippen MR) is 143 cm³/mol. The maximum Gasteiger partial charge on any atom is 0.308 e. The minimum Gasteiger partial charge on any atom is -0.431 e. The fourth-order valence-corrected chi connectivity index (χ4v) is 4.99. The highest BCUT2D eigenvalue weighted by molar-refractivity contribution is 5.85. The summed E-state index contributed by atoms with van der Waals surface area (Å²) in [6.45, 7) is 5.37. The average molecular weight is 528 g/mol. The van der Waals surface area contributed by atoms with Gasteiger partial charge in [-0.1, -0.05) is 66.7 Å². The van der Waals surface area contributed by atoms with Gasteiger partial charge in [0.15, 0.2) is 0 Å². The molecule has 0 radical (unpaired) electrons. The number of carbonyl (C=O) groups excluding carboxylic acids is 4. The van der Waals surface area contributed by atoms with Gasteiger partial charge in [0.25, 0.3) is 0 Å². The molecule has 4 rings (SSSR count). The molecule has 3 aromatic carbocycles. The van der Waals surface area contributed by atoms with Gasteiger partial charge in [-0.2, -0.15) is 0 Å². The first kappa shape index (κ1) is 27.3. The van der Waals surface area contributed by atoms with Crippen LogP contribution in [0.15, 0.2) is 84.6 Å². The number of esters is 3.